The number of unbranched alkanes of at least 4 members (excludes halogenated alkanes) is 1. The lowest BCUT2D eigenvalue weighted by molar-refractivity contribution is -0.143. The van der Waals surface area contributed by atoms with Gasteiger partial charge in [0.2, 0.25) is 0 Å². The highest BCUT2D eigenvalue weighted by Crippen LogP contribution is 2.40. The lowest BCUT2D eigenvalue weighted by atomic mass is 9.94. The van der Waals surface area contributed by atoms with Crippen LogP contribution in [0.3, 0.4) is 0 Å². The highest BCUT2D eigenvalue weighted by atomic mass is 19.3. The molecule has 3 aliphatic heterocycles. The van der Waals surface area contributed by atoms with E-state index in [9.17, 15) is 14.3 Å². The first-order chi connectivity index (χ1) is 20.7. The summed E-state index contributed by atoms with van der Waals surface area (Å²) in [5, 5.41) is 13.5. The summed E-state index contributed by atoms with van der Waals surface area (Å²) in [6.45, 7) is 2.29. The van der Waals surface area contributed by atoms with E-state index in [2.05, 4.69) is 10.3 Å². The zero-order chi connectivity index (χ0) is 30.4. The van der Waals surface area contributed by atoms with Crippen molar-refractivity contribution in [3.05, 3.63) is 52.5 Å². The fraction of sp³-hybridized carbons (Fsp3) is 0.625. The number of aryl methyl sites for hydroxylation is 1. The second-order valence-electron chi connectivity index (χ2n) is 11.8. The molecule has 2 unspecified atom stereocenters. The summed E-state index contributed by atoms with van der Waals surface area (Å²) in [4.78, 5) is 18.7. The van der Waals surface area contributed by atoms with E-state index < -0.39 is 29.7 Å². The van der Waals surface area contributed by atoms with Crippen molar-refractivity contribution in [3.63, 3.8) is 0 Å². The molecular weight excluding hydrogens is 563 g/mol. The van der Waals surface area contributed by atoms with Crippen molar-refractivity contribution in [3.8, 4) is 5.75 Å². The topological polar surface area (TPSA) is 93.2 Å². The number of benzene rings is 1. The number of carbonyl (C=O) groups is 1. The fourth-order valence-electron chi connectivity index (χ4n) is 6.49. The van der Waals surface area contributed by atoms with E-state index in [-0.39, 0.29) is 44.2 Å². The van der Waals surface area contributed by atoms with Gasteiger partial charge >= 0.3 is 5.97 Å². The van der Waals surface area contributed by atoms with Crippen LogP contribution in [0.15, 0.2) is 24.3 Å². The molecule has 0 spiro atoms. The number of aromatic nitrogens is 1. The zero-order valence-corrected chi connectivity index (χ0v) is 24.8. The standard InChI is InChI=1S/C32H42F3N3O5/c1-41-28-18-24(37-30-26(28)6-4-13-36-30)5-2-3-12-32(34,35)22-9-14-38(19-22)29(31(39)40)27-17-23(33)8-7-21(27)20-43-25-10-15-42-16-11-25/h7-8,17-18,22,25,29H,2-6,9-16,19-20H2,1H3,(H,36,37)(H,39,40). The molecule has 2 aromatic rings. The average Bonchev–Trinajstić information content (AvgIpc) is 3.50. The molecule has 0 saturated carbocycles. The molecule has 8 nitrogen and oxygen atoms in total. The summed E-state index contributed by atoms with van der Waals surface area (Å²) in [5.74, 6) is -4.08. The van der Waals surface area contributed by atoms with E-state index in [0.717, 1.165) is 55.1 Å². The number of carboxylic acids is 1. The van der Waals surface area contributed by atoms with Gasteiger partial charge in [0.1, 0.15) is 23.4 Å². The first kappa shape index (κ1) is 31.5. The highest BCUT2D eigenvalue weighted by Gasteiger charge is 2.45. The lowest BCUT2D eigenvalue weighted by Crippen LogP contribution is -2.36. The van der Waals surface area contributed by atoms with Gasteiger partial charge in [0.15, 0.2) is 0 Å². The molecule has 11 heteroatoms. The van der Waals surface area contributed by atoms with Gasteiger partial charge in [0.05, 0.1) is 19.8 Å². The summed E-state index contributed by atoms with van der Waals surface area (Å²) >= 11 is 0. The molecule has 4 heterocycles. The maximum absolute atomic E-state index is 15.4. The molecule has 2 atom stereocenters. The molecule has 2 saturated heterocycles. The molecule has 1 aromatic carbocycles. The number of rotatable bonds is 13. The van der Waals surface area contributed by atoms with Crippen molar-refractivity contribution in [1.82, 2.24) is 9.88 Å². The zero-order valence-electron chi connectivity index (χ0n) is 24.8. The number of methoxy groups -OCH3 is 1. The SMILES string of the molecule is COc1cc(CCCCC(F)(F)C2CCN(C(C(=O)O)c3cc(F)ccc3COC3CCOCC3)C2)nc2c1CCCN2. The predicted octanol–water partition coefficient (Wildman–Crippen LogP) is 5.78. The van der Waals surface area contributed by atoms with Crippen molar-refractivity contribution >= 4 is 11.8 Å². The van der Waals surface area contributed by atoms with E-state index in [0.29, 0.717) is 38.0 Å². The van der Waals surface area contributed by atoms with Crippen molar-refractivity contribution in [1.29, 1.82) is 0 Å². The average molecular weight is 606 g/mol. The Morgan fingerprint density at radius 1 is 1.23 bits per heavy atom. The number of likely N-dealkylation sites (tertiary alicyclic amines) is 1. The van der Waals surface area contributed by atoms with E-state index in [1.54, 1.807) is 12.0 Å². The normalized spacial score (nSPS) is 20.4. The number of pyridine rings is 1. The van der Waals surface area contributed by atoms with E-state index >= 15 is 8.78 Å². The summed E-state index contributed by atoms with van der Waals surface area (Å²) in [6.07, 6.45) is 4.69. The van der Waals surface area contributed by atoms with Crippen molar-refractivity contribution in [2.75, 3.05) is 45.3 Å². The quantitative estimate of drug-likeness (QED) is 0.278. The minimum Gasteiger partial charge on any atom is -0.496 e. The van der Waals surface area contributed by atoms with Gasteiger partial charge in [-0.15, -0.1) is 0 Å². The second kappa shape index (κ2) is 14.3. The van der Waals surface area contributed by atoms with Crippen LogP contribution in [0.1, 0.15) is 73.4 Å². The van der Waals surface area contributed by atoms with E-state index in [1.807, 2.05) is 6.07 Å². The molecule has 1 aromatic heterocycles. The van der Waals surface area contributed by atoms with Crippen LogP contribution in [-0.2, 0) is 33.7 Å². The number of nitrogens with zero attached hydrogens (tertiary/aromatic N) is 2. The number of hydrogen-bond donors (Lipinski definition) is 2. The maximum atomic E-state index is 15.4. The van der Waals surface area contributed by atoms with E-state index in [4.69, 9.17) is 14.2 Å². The number of aliphatic carboxylic acids is 1. The van der Waals surface area contributed by atoms with Gasteiger partial charge in [-0.05, 0) is 81.2 Å². The van der Waals surface area contributed by atoms with Gasteiger partial charge in [0, 0.05) is 56.0 Å². The van der Waals surface area contributed by atoms with Gasteiger partial charge < -0.3 is 24.6 Å². The van der Waals surface area contributed by atoms with Crippen molar-refractivity contribution < 1.29 is 37.3 Å². The molecule has 0 bridgehead atoms. The van der Waals surface area contributed by atoms with Gasteiger partial charge in [-0.1, -0.05) is 6.07 Å². The smallest absolute Gasteiger partial charge is 0.325 e. The Hall–Kier alpha value is -2.89. The number of nitrogens with one attached hydrogen (secondary N) is 1. The van der Waals surface area contributed by atoms with E-state index in [1.165, 1.54) is 18.2 Å². The maximum Gasteiger partial charge on any atom is 0.325 e. The summed E-state index contributed by atoms with van der Waals surface area (Å²) < 4.78 is 62.0. The van der Waals surface area contributed by atoms with Crippen molar-refractivity contribution in [2.24, 2.45) is 5.92 Å². The molecule has 0 radical (unpaired) electrons. The van der Waals surface area contributed by atoms with Crippen LogP contribution in [-0.4, -0.2) is 72.9 Å². The van der Waals surface area contributed by atoms with Crippen LogP contribution in [0.5, 0.6) is 5.75 Å². The molecule has 236 valence electrons. The molecule has 3 aliphatic rings. The van der Waals surface area contributed by atoms with Gasteiger partial charge in [-0.25, -0.2) is 18.2 Å². The first-order valence-electron chi connectivity index (χ1n) is 15.4. The Balaban J connectivity index is 1.18. The minimum atomic E-state index is -2.95. The van der Waals surface area contributed by atoms with Crippen LogP contribution in [0, 0.1) is 11.7 Å². The molecular formula is C32H42F3N3O5. The Labute approximate surface area is 250 Å². The molecule has 43 heavy (non-hydrogen) atoms. The Bertz CT molecular complexity index is 1240. The third-order valence-corrected chi connectivity index (χ3v) is 8.91. The molecule has 0 amide bonds. The number of fused-ring (bicyclic) bond motifs is 1. The number of halogens is 3. The molecule has 2 N–H and O–H groups in total. The molecule has 2 fully saturated rings. The van der Waals surface area contributed by atoms with Gasteiger partial charge in [0.25, 0.3) is 5.92 Å². The summed E-state index contributed by atoms with van der Waals surface area (Å²) in [7, 11) is 1.63. The minimum absolute atomic E-state index is 0.0217. The number of carboxylic acid groups (broad SMARTS) is 1. The predicted molar refractivity (Wildman–Crippen MR) is 155 cm³/mol. The number of alkyl halides is 2. The molecule has 5 rings (SSSR count). The third-order valence-electron chi connectivity index (χ3n) is 8.91. The van der Waals surface area contributed by atoms with Crippen molar-refractivity contribution in [2.45, 2.75) is 82.5 Å². The van der Waals surface area contributed by atoms with Crippen LogP contribution < -0.4 is 10.1 Å². The highest BCUT2D eigenvalue weighted by molar-refractivity contribution is 5.76. The van der Waals surface area contributed by atoms with Crippen LogP contribution in [0.2, 0.25) is 0 Å². The fourth-order valence-corrected chi connectivity index (χ4v) is 6.49. The Morgan fingerprint density at radius 2 is 2.05 bits per heavy atom. The number of ether oxygens (including phenoxy) is 3. The van der Waals surface area contributed by atoms with Crippen LogP contribution in [0.4, 0.5) is 19.0 Å². The van der Waals surface area contributed by atoms with Gasteiger partial charge in [-0.3, -0.25) is 9.69 Å². The summed E-state index contributed by atoms with van der Waals surface area (Å²) in [6, 6.07) is 4.68. The number of anilines is 1. The lowest BCUT2D eigenvalue weighted by Gasteiger charge is -2.29. The third kappa shape index (κ3) is 7.80. The van der Waals surface area contributed by atoms with Gasteiger partial charge in [-0.2, -0.15) is 0 Å². The number of hydrogen-bond acceptors (Lipinski definition) is 7. The largest absolute Gasteiger partial charge is 0.496 e. The van der Waals surface area contributed by atoms with Crippen LogP contribution >= 0.6 is 0 Å². The van der Waals surface area contributed by atoms with Crippen LogP contribution in [0.25, 0.3) is 0 Å². The summed E-state index contributed by atoms with van der Waals surface area (Å²) in [5.41, 5.74) is 2.69. The second-order valence-corrected chi connectivity index (χ2v) is 11.8. The monoisotopic (exact) mass is 605 g/mol. The molecule has 0 aliphatic carbocycles. The Kier molecular flexibility index (Phi) is 10.5. The first-order valence-corrected chi connectivity index (χ1v) is 15.4. The Morgan fingerprint density at radius 3 is 2.81 bits per heavy atom.